The highest BCUT2D eigenvalue weighted by molar-refractivity contribution is 7.91. The molecule has 1 aromatic heterocycles. The number of alkyl halides is 3. The van der Waals surface area contributed by atoms with Crippen LogP contribution in [0.4, 0.5) is 13.2 Å². The fraction of sp³-hybridized carbons (Fsp3) is 0.625. The lowest BCUT2D eigenvalue weighted by Gasteiger charge is -2.37. The lowest BCUT2D eigenvalue weighted by atomic mass is 9.90. The lowest BCUT2D eigenvalue weighted by Crippen LogP contribution is -2.49. The fourth-order valence-corrected chi connectivity index (χ4v) is 5.31. The van der Waals surface area contributed by atoms with Crippen molar-refractivity contribution in [3.8, 4) is 5.88 Å². The molecule has 1 amide bonds. The van der Waals surface area contributed by atoms with E-state index in [1.165, 1.54) is 12.1 Å². The van der Waals surface area contributed by atoms with E-state index in [2.05, 4.69) is 15.0 Å². The number of nitrogens with zero attached hydrogens (tertiary/aromatic N) is 1. The molecule has 7 nitrogen and oxygen atoms in total. The van der Waals surface area contributed by atoms with Gasteiger partial charge in [-0.3, -0.25) is 4.79 Å². The van der Waals surface area contributed by atoms with Gasteiger partial charge in [-0.1, -0.05) is 0 Å². The van der Waals surface area contributed by atoms with Crippen molar-refractivity contribution in [2.75, 3.05) is 24.7 Å². The third-order valence-electron chi connectivity index (χ3n) is 4.56. The summed E-state index contributed by atoms with van der Waals surface area (Å²) in [6.07, 6.45) is -1.97. The van der Waals surface area contributed by atoms with Crippen molar-refractivity contribution in [2.45, 2.75) is 37.1 Å². The Kier molecular flexibility index (Phi) is 5.35. The summed E-state index contributed by atoms with van der Waals surface area (Å²) in [5.41, 5.74) is -0.572. The number of nitrogens with one attached hydrogen (secondary N) is 1. The average molecular weight is 408 g/mol. The van der Waals surface area contributed by atoms with Crippen LogP contribution in [0.25, 0.3) is 0 Å². The standard InChI is InChI=1S/C16H19F3N2O5S/c17-16(18,19)9-25-13-2-1-11(8-20-13)14(22)21-12-3-5-26-15(7-12)4-6-27(23,24)10-15/h1-2,8,12H,3-7,9-10H2,(H,21,22)/t12-,15-/m1/s1. The van der Waals surface area contributed by atoms with Crippen LogP contribution in [0.2, 0.25) is 0 Å². The van der Waals surface area contributed by atoms with E-state index >= 15 is 0 Å². The Balaban J connectivity index is 1.57. The summed E-state index contributed by atoms with van der Waals surface area (Å²) >= 11 is 0. The zero-order valence-corrected chi connectivity index (χ0v) is 15.1. The first kappa shape index (κ1) is 19.9. The molecule has 150 valence electrons. The molecule has 2 fully saturated rings. The maximum Gasteiger partial charge on any atom is 0.422 e. The number of amides is 1. The van der Waals surface area contributed by atoms with Crippen LogP contribution in [0.1, 0.15) is 29.6 Å². The van der Waals surface area contributed by atoms with Crippen LogP contribution in [-0.2, 0) is 14.6 Å². The van der Waals surface area contributed by atoms with Gasteiger partial charge in [0.25, 0.3) is 5.91 Å². The molecule has 11 heteroatoms. The Labute approximate surface area is 154 Å². The predicted octanol–water partition coefficient (Wildman–Crippen LogP) is 1.49. The van der Waals surface area contributed by atoms with Crippen molar-refractivity contribution in [3.63, 3.8) is 0 Å². The summed E-state index contributed by atoms with van der Waals surface area (Å²) in [5.74, 6) is -0.631. The lowest BCUT2D eigenvalue weighted by molar-refractivity contribution is -0.154. The first-order valence-electron chi connectivity index (χ1n) is 8.37. The summed E-state index contributed by atoms with van der Waals surface area (Å²) in [5, 5.41) is 2.81. The van der Waals surface area contributed by atoms with E-state index in [0.717, 1.165) is 6.20 Å². The minimum atomic E-state index is -4.47. The highest BCUT2D eigenvalue weighted by Gasteiger charge is 2.46. The third-order valence-corrected chi connectivity index (χ3v) is 6.35. The summed E-state index contributed by atoms with van der Waals surface area (Å²) in [7, 11) is -3.12. The number of halogens is 3. The van der Waals surface area contributed by atoms with Gasteiger partial charge in [-0.25, -0.2) is 13.4 Å². The molecule has 2 saturated heterocycles. The molecule has 0 aromatic carbocycles. The smallest absolute Gasteiger partial charge is 0.422 e. The van der Waals surface area contributed by atoms with Gasteiger partial charge in [0, 0.05) is 24.9 Å². The largest absolute Gasteiger partial charge is 0.468 e. The summed E-state index contributed by atoms with van der Waals surface area (Å²) < 4.78 is 70.0. The van der Waals surface area contributed by atoms with Crippen molar-refractivity contribution >= 4 is 15.7 Å². The van der Waals surface area contributed by atoms with Crippen LogP contribution < -0.4 is 10.1 Å². The third kappa shape index (κ3) is 5.32. The van der Waals surface area contributed by atoms with E-state index in [1.54, 1.807) is 0 Å². The molecule has 0 saturated carbocycles. The van der Waals surface area contributed by atoms with Gasteiger partial charge in [0.05, 0.1) is 22.7 Å². The van der Waals surface area contributed by atoms with Crippen molar-refractivity contribution in [3.05, 3.63) is 23.9 Å². The Hall–Kier alpha value is -1.88. The molecule has 1 aromatic rings. The monoisotopic (exact) mass is 408 g/mol. The summed E-state index contributed by atoms with van der Waals surface area (Å²) in [6, 6.07) is 2.26. The van der Waals surface area contributed by atoms with Gasteiger partial charge in [-0.15, -0.1) is 0 Å². The Morgan fingerprint density at radius 2 is 2.19 bits per heavy atom. The van der Waals surface area contributed by atoms with Crippen LogP contribution >= 0.6 is 0 Å². The second-order valence-corrected chi connectivity index (χ2v) is 9.01. The quantitative estimate of drug-likeness (QED) is 0.811. The van der Waals surface area contributed by atoms with E-state index in [-0.39, 0.29) is 29.0 Å². The Bertz CT molecular complexity index is 797. The molecule has 1 spiro atoms. The van der Waals surface area contributed by atoms with Crippen LogP contribution in [0, 0.1) is 0 Å². The van der Waals surface area contributed by atoms with Gasteiger partial charge in [0.15, 0.2) is 16.4 Å². The Morgan fingerprint density at radius 1 is 1.41 bits per heavy atom. The molecule has 1 N–H and O–H groups in total. The number of aromatic nitrogens is 1. The SMILES string of the molecule is O=C(N[C@@H]1CCO[C@]2(CCS(=O)(=O)C2)C1)c1ccc(OCC(F)(F)F)nc1. The highest BCUT2D eigenvalue weighted by Crippen LogP contribution is 2.35. The van der Waals surface area contributed by atoms with E-state index in [0.29, 0.717) is 25.9 Å². The number of rotatable bonds is 4. The van der Waals surface area contributed by atoms with Crippen molar-refractivity contribution < 1.29 is 35.9 Å². The minimum Gasteiger partial charge on any atom is -0.468 e. The number of ether oxygens (including phenoxy) is 2. The molecular formula is C16H19F3N2O5S. The second kappa shape index (κ2) is 7.27. The van der Waals surface area contributed by atoms with E-state index < -0.39 is 34.1 Å². The maximum absolute atomic E-state index is 12.3. The molecule has 0 bridgehead atoms. The summed E-state index contributed by atoms with van der Waals surface area (Å²) in [6.45, 7) is -1.11. The van der Waals surface area contributed by atoms with Gasteiger partial charge in [-0.05, 0) is 25.3 Å². The second-order valence-electron chi connectivity index (χ2n) is 6.83. The van der Waals surface area contributed by atoms with Gasteiger partial charge in [0.1, 0.15) is 0 Å². The number of pyridine rings is 1. The molecule has 0 aliphatic carbocycles. The first-order valence-corrected chi connectivity index (χ1v) is 10.2. The Morgan fingerprint density at radius 3 is 2.78 bits per heavy atom. The van der Waals surface area contributed by atoms with Crippen LogP contribution in [0.15, 0.2) is 18.3 Å². The van der Waals surface area contributed by atoms with Gasteiger partial charge in [-0.2, -0.15) is 13.2 Å². The predicted molar refractivity (Wildman–Crippen MR) is 88.2 cm³/mol. The average Bonchev–Trinajstić information content (AvgIpc) is 2.87. The minimum absolute atomic E-state index is 0.0425. The van der Waals surface area contributed by atoms with Crippen molar-refractivity contribution in [2.24, 2.45) is 0 Å². The molecule has 27 heavy (non-hydrogen) atoms. The van der Waals surface area contributed by atoms with E-state index in [1.807, 2.05) is 0 Å². The van der Waals surface area contributed by atoms with E-state index in [4.69, 9.17) is 4.74 Å². The van der Waals surface area contributed by atoms with Crippen LogP contribution in [0.3, 0.4) is 0 Å². The highest BCUT2D eigenvalue weighted by atomic mass is 32.2. The molecule has 3 heterocycles. The van der Waals surface area contributed by atoms with E-state index in [9.17, 15) is 26.4 Å². The van der Waals surface area contributed by atoms with Crippen molar-refractivity contribution in [1.29, 1.82) is 0 Å². The van der Waals surface area contributed by atoms with Crippen molar-refractivity contribution in [1.82, 2.24) is 10.3 Å². The molecule has 2 aliphatic heterocycles. The topological polar surface area (TPSA) is 94.6 Å². The zero-order chi connectivity index (χ0) is 19.7. The molecule has 0 radical (unpaired) electrons. The molecule has 0 unspecified atom stereocenters. The molecule has 2 atom stereocenters. The number of carbonyl (C=O) groups is 1. The van der Waals surface area contributed by atoms with Gasteiger partial charge in [0.2, 0.25) is 5.88 Å². The first-order chi connectivity index (χ1) is 12.6. The number of sulfone groups is 1. The fourth-order valence-electron chi connectivity index (χ4n) is 3.34. The summed E-state index contributed by atoms with van der Waals surface area (Å²) in [4.78, 5) is 16.0. The molecular weight excluding hydrogens is 389 g/mol. The number of carbonyl (C=O) groups excluding carboxylic acids is 1. The normalized spacial score (nSPS) is 27.4. The number of hydrogen-bond donors (Lipinski definition) is 1. The van der Waals surface area contributed by atoms with Crippen LogP contribution in [-0.4, -0.2) is 61.8 Å². The number of hydrogen-bond acceptors (Lipinski definition) is 6. The maximum atomic E-state index is 12.3. The van der Waals surface area contributed by atoms with Gasteiger partial charge >= 0.3 is 6.18 Å². The molecule has 2 aliphatic rings. The molecule has 3 rings (SSSR count). The zero-order valence-electron chi connectivity index (χ0n) is 14.3. The van der Waals surface area contributed by atoms with Gasteiger partial charge < -0.3 is 14.8 Å². The van der Waals surface area contributed by atoms with Crippen LogP contribution in [0.5, 0.6) is 5.88 Å².